The lowest BCUT2D eigenvalue weighted by molar-refractivity contribution is -0.125. The highest BCUT2D eigenvalue weighted by molar-refractivity contribution is 7.98. The van der Waals surface area contributed by atoms with Crippen LogP contribution in [0.25, 0.3) is 0 Å². The highest BCUT2D eigenvalue weighted by atomic mass is 32.2. The average Bonchev–Trinajstić information content (AvgIpc) is 2.36. The predicted molar refractivity (Wildman–Crippen MR) is 82.2 cm³/mol. The van der Waals surface area contributed by atoms with Crippen LogP contribution in [0.15, 0.2) is 29.2 Å². The van der Waals surface area contributed by atoms with Crippen molar-refractivity contribution in [3.63, 3.8) is 0 Å². The maximum Gasteiger partial charge on any atom is 0.237 e. The van der Waals surface area contributed by atoms with Crippen molar-refractivity contribution < 1.29 is 4.79 Å². The summed E-state index contributed by atoms with van der Waals surface area (Å²) in [6, 6.07) is 7.68. The summed E-state index contributed by atoms with van der Waals surface area (Å²) in [6.07, 6.45) is 2.04. The van der Waals surface area contributed by atoms with Gasteiger partial charge in [-0.05, 0) is 36.3 Å². The molecule has 0 aliphatic rings. The summed E-state index contributed by atoms with van der Waals surface area (Å²) in [4.78, 5) is 13.3. The van der Waals surface area contributed by atoms with Crippen LogP contribution < -0.4 is 11.1 Å². The van der Waals surface area contributed by atoms with Gasteiger partial charge in [0.2, 0.25) is 5.91 Å². The number of thioether (sulfide) groups is 1. The van der Waals surface area contributed by atoms with Crippen molar-refractivity contribution in [1.29, 1.82) is 0 Å². The van der Waals surface area contributed by atoms with E-state index in [1.54, 1.807) is 11.8 Å². The van der Waals surface area contributed by atoms with Gasteiger partial charge < -0.3 is 11.1 Å². The van der Waals surface area contributed by atoms with E-state index in [9.17, 15) is 4.79 Å². The molecule has 0 aromatic heterocycles. The number of nitrogens with two attached hydrogens (primary N) is 1. The van der Waals surface area contributed by atoms with E-state index in [1.807, 2.05) is 46.1 Å². The number of hydrogen-bond donors (Lipinski definition) is 2. The van der Waals surface area contributed by atoms with E-state index in [1.165, 1.54) is 4.90 Å². The van der Waals surface area contributed by atoms with E-state index in [-0.39, 0.29) is 17.4 Å². The molecular weight excluding hydrogens is 256 g/mol. The number of carbonyl (C=O) groups excluding carboxylic acids is 1. The second kappa shape index (κ2) is 6.44. The normalized spacial score (nSPS) is 14.8. The van der Waals surface area contributed by atoms with Crippen LogP contribution in [0.4, 0.5) is 0 Å². The van der Waals surface area contributed by atoms with Crippen LogP contribution in [0.1, 0.15) is 39.3 Å². The molecule has 1 aromatic rings. The molecule has 3 N–H and O–H groups in total. The lowest BCUT2D eigenvalue weighted by Crippen LogP contribution is -2.49. The quantitative estimate of drug-likeness (QED) is 0.834. The van der Waals surface area contributed by atoms with Gasteiger partial charge in [0.15, 0.2) is 0 Å². The van der Waals surface area contributed by atoms with Gasteiger partial charge in [0.05, 0.1) is 12.1 Å². The molecule has 0 saturated carbocycles. The summed E-state index contributed by atoms with van der Waals surface area (Å²) >= 11 is 1.70. The predicted octanol–water partition coefficient (Wildman–Crippen LogP) is 2.96. The Morgan fingerprint density at radius 2 is 1.79 bits per heavy atom. The Balaban J connectivity index is 2.68. The number of hydrogen-bond acceptors (Lipinski definition) is 3. The Kier molecular flexibility index (Phi) is 5.44. The van der Waals surface area contributed by atoms with Crippen molar-refractivity contribution in [3.05, 3.63) is 29.8 Å². The largest absolute Gasteiger partial charge is 0.348 e. The lowest BCUT2D eigenvalue weighted by Gasteiger charge is -2.27. The fourth-order valence-electron chi connectivity index (χ4n) is 1.67. The number of nitrogens with one attached hydrogen (secondary N) is 1. The molecule has 0 saturated heterocycles. The minimum absolute atomic E-state index is 0.0307. The van der Waals surface area contributed by atoms with Crippen LogP contribution in [0.2, 0.25) is 0 Å². The molecular formula is C15H24N2OS. The minimum Gasteiger partial charge on any atom is -0.348 e. The fourth-order valence-corrected chi connectivity index (χ4v) is 2.08. The molecule has 0 bridgehead atoms. The SMILES string of the molecule is CSc1ccc(C(C)NC(=O)[C@H](N)C(C)(C)C)cc1. The van der Waals surface area contributed by atoms with Crippen LogP contribution in [-0.2, 0) is 4.79 Å². The first kappa shape index (κ1) is 16.1. The molecule has 1 amide bonds. The van der Waals surface area contributed by atoms with Gasteiger partial charge in [0.25, 0.3) is 0 Å². The van der Waals surface area contributed by atoms with Gasteiger partial charge in [0.1, 0.15) is 0 Å². The van der Waals surface area contributed by atoms with E-state index in [0.717, 1.165) is 5.56 Å². The van der Waals surface area contributed by atoms with Crippen LogP contribution >= 0.6 is 11.8 Å². The van der Waals surface area contributed by atoms with Crippen molar-refractivity contribution in [3.8, 4) is 0 Å². The van der Waals surface area contributed by atoms with Crippen molar-refractivity contribution in [2.75, 3.05) is 6.26 Å². The summed E-state index contributed by atoms with van der Waals surface area (Å²) in [6.45, 7) is 7.88. The molecule has 1 rings (SSSR count). The van der Waals surface area contributed by atoms with Gasteiger partial charge in [0, 0.05) is 4.90 Å². The van der Waals surface area contributed by atoms with Crippen LogP contribution in [0.5, 0.6) is 0 Å². The van der Waals surface area contributed by atoms with Crippen molar-refractivity contribution >= 4 is 17.7 Å². The van der Waals surface area contributed by atoms with E-state index in [2.05, 4.69) is 17.4 Å². The van der Waals surface area contributed by atoms with Gasteiger partial charge in [-0.15, -0.1) is 11.8 Å². The lowest BCUT2D eigenvalue weighted by atomic mass is 9.86. The Bertz CT molecular complexity index is 423. The molecule has 0 heterocycles. The smallest absolute Gasteiger partial charge is 0.237 e. The Hall–Kier alpha value is -1.00. The highest BCUT2D eigenvalue weighted by Gasteiger charge is 2.28. The zero-order valence-corrected chi connectivity index (χ0v) is 13.2. The molecule has 19 heavy (non-hydrogen) atoms. The molecule has 0 spiro atoms. The third-order valence-electron chi connectivity index (χ3n) is 3.19. The standard InChI is InChI=1S/C15H24N2OS/c1-10(11-6-8-12(19-5)9-7-11)17-14(18)13(16)15(2,3)4/h6-10,13H,16H2,1-5H3,(H,17,18)/t10?,13-/m0/s1. The summed E-state index contributed by atoms with van der Waals surface area (Å²) < 4.78 is 0. The molecule has 2 atom stereocenters. The third kappa shape index (κ3) is 4.55. The van der Waals surface area contributed by atoms with Gasteiger partial charge in [-0.1, -0.05) is 32.9 Å². The molecule has 0 aliphatic heterocycles. The number of rotatable bonds is 4. The highest BCUT2D eigenvalue weighted by Crippen LogP contribution is 2.21. The molecule has 4 heteroatoms. The molecule has 1 aromatic carbocycles. The molecule has 1 unspecified atom stereocenters. The molecule has 0 fully saturated rings. The zero-order valence-electron chi connectivity index (χ0n) is 12.4. The number of benzene rings is 1. The van der Waals surface area contributed by atoms with E-state index in [0.29, 0.717) is 0 Å². The number of carbonyl (C=O) groups is 1. The summed E-state index contributed by atoms with van der Waals surface area (Å²) in [5.41, 5.74) is 6.81. The second-order valence-electron chi connectivity index (χ2n) is 5.85. The maximum absolute atomic E-state index is 12.1. The molecule has 3 nitrogen and oxygen atoms in total. The zero-order chi connectivity index (χ0) is 14.6. The summed E-state index contributed by atoms with van der Waals surface area (Å²) in [5, 5.41) is 2.97. The Labute approximate surface area is 120 Å². The van der Waals surface area contributed by atoms with E-state index < -0.39 is 6.04 Å². The second-order valence-corrected chi connectivity index (χ2v) is 6.73. The minimum atomic E-state index is -0.500. The third-order valence-corrected chi connectivity index (χ3v) is 3.93. The van der Waals surface area contributed by atoms with Crippen molar-refractivity contribution in [2.45, 2.75) is 44.7 Å². The maximum atomic E-state index is 12.1. The fraction of sp³-hybridized carbons (Fsp3) is 0.533. The topological polar surface area (TPSA) is 55.1 Å². The van der Waals surface area contributed by atoms with Gasteiger partial charge in [-0.2, -0.15) is 0 Å². The Morgan fingerprint density at radius 3 is 2.21 bits per heavy atom. The van der Waals surface area contributed by atoms with Gasteiger partial charge in [-0.3, -0.25) is 4.79 Å². The average molecular weight is 280 g/mol. The first-order chi connectivity index (χ1) is 8.75. The van der Waals surface area contributed by atoms with Gasteiger partial charge >= 0.3 is 0 Å². The molecule has 106 valence electrons. The van der Waals surface area contributed by atoms with Crippen LogP contribution in [0.3, 0.4) is 0 Å². The Morgan fingerprint density at radius 1 is 1.26 bits per heavy atom. The van der Waals surface area contributed by atoms with Gasteiger partial charge in [-0.25, -0.2) is 0 Å². The summed E-state index contributed by atoms with van der Waals surface area (Å²) in [7, 11) is 0. The van der Waals surface area contributed by atoms with Crippen LogP contribution in [0, 0.1) is 5.41 Å². The van der Waals surface area contributed by atoms with E-state index >= 15 is 0 Å². The number of amides is 1. The first-order valence-corrected chi connectivity index (χ1v) is 7.68. The summed E-state index contributed by atoms with van der Waals surface area (Å²) in [5.74, 6) is -0.103. The molecule has 0 radical (unpaired) electrons. The van der Waals surface area contributed by atoms with Crippen LogP contribution in [-0.4, -0.2) is 18.2 Å². The van der Waals surface area contributed by atoms with Crippen molar-refractivity contribution in [2.24, 2.45) is 11.1 Å². The molecule has 0 aliphatic carbocycles. The monoisotopic (exact) mass is 280 g/mol. The van der Waals surface area contributed by atoms with E-state index in [4.69, 9.17) is 5.73 Å². The van der Waals surface area contributed by atoms with Crippen molar-refractivity contribution in [1.82, 2.24) is 5.32 Å². The first-order valence-electron chi connectivity index (χ1n) is 6.45.